The third kappa shape index (κ3) is 9.47. The molecule has 9 N–H and O–H groups in total. The van der Waals surface area contributed by atoms with E-state index in [1.54, 1.807) is 0 Å². The number of aliphatic carboxylic acids is 1. The maximum Gasteiger partial charge on any atom is 0.325 e. The molecule has 196 valence electrons. The first kappa shape index (κ1) is 28.5. The maximum absolute atomic E-state index is 13.2. The third-order valence-corrected chi connectivity index (χ3v) is 5.56. The normalized spacial score (nSPS) is 14.2. The summed E-state index contributed by atoms with van der Waals surface area (Å²) >= 11 is 0. The fraction of sp³-hybridized carbons (Fsp3) is 0.458. The van der Waals surface area contributed by atoms with Crippen LogP contribution in [0.1, 0.15) is 37.4 Å². The molecule has 0 bridgehead atoms. The molecule has 2 rings (SSSR count). The van der Waals surface area contributed by atoms with Crippen molar-refractivity contribution in [2.24, 2.45) is 11.5 Å². The smallest absolute Gasteiger partial charge is 0.325 e. The number of nitrogens with one attached hydrogen (secondary N) is 4. The quantitative estimate of drug-likeness (QED) is 0.154. The number of nitrogens with two attached hydrogens (primary N) is 2. The molecule has 0 radical (unpaired) electrons. The van der Waals surface area contributed by atoms with Crippen molar-refractivity contribution in [1.29, 1.82) is 0 Å². The standard InChI is InChI=1S/C24H35N7O5/c1-15(24(35)36)29-23(34)20(12-17-13-27-14-28-17)31-22(33)19(9-5-6-10-25)30-21(32)18(26)11-16-7-3-2-4-8-16/h2-4,7-8,13-15,18-20H,5-6,9-12,25-26H2,1H3,(H,27,28)(H,29,34)(H,30,32)(H,31,33)(H,35,36). The van der Waals surface area contributed by atoms with Gasteiger partial charge in [0, 0.05) is 18.3 Å². The topological polar surface area (TPSA) is 205 Å². The summed E-state index contributed by atoms with van der Waals surface area (Å²) in [5, 5.41) is 16.8. The summed E-state index contributed by atoms with van der Waals surface area (Å²) < 4.78 is 0. The van der Waals surface area contributed by atoms with E-state index in [-0.39, 0.29) is 12.8 Å². The van der Waals surface area contributed by atoms with Crippen LogP contribution in [0, 0.1) is 0 Å². The van der Waals surface area contributed by atoms with E-state index in [1.807, 2.05) is 30.3 Å². The number of carboxylic acid groups (broad SMARTS) is 1. The van der Waals surface area contributed by atoms with Gasteiger partial charge < -0.3 is 37.5 Å². The SMILES string of the molecule is CC(NC(=O)C(Cc1cnc[nH]1)NC(=O)C(CCCCN)NC(=O)C(N)Cc1ccccc1)C(=O)O. The number of carbonyl (C=O) groups is 4. The highest BCUT2D eigenvalue weighted by Gasteiger charge is 2.29. The maximum atomic E-state index is 13.2. The lowest BCUT2D eigenvalue weighted by Gasteiger charge is -2.24. The Morgan fingerprint density at radius 1 is 0.972 bits per heavy atom. The number of unbranched alkanes of at least 4 members (excludes halogenated alkanes) is 1. The number of carboxylic acids is 1. The van der Waals surface area contributed by atoms with E-state index in [0.717, 1.165) is 5.56 Å². The van der Waals surface area contributed by atoms with E-state index in [9.17, 15) is 19.2 Å². The molecule has 0 aliphatic carbocycles. The number of carbonyl (C=O) groups excluding carboxylic acids is 3. The molecule has 1 aromatic carbocycles. The van der Waals surface area contributed by atoms with Gasteiger partial charge in [-0.1, -0.05) is 30.3 Å². The second kappa shape index (κ2) is 14.6. The summed E-state index contributed by atoms with van der Waals surface area (Å²) in [4.78, 5) is 56.7. The molecule has 2 aromatic rings. The zero-order valence-corrected chi connectivity index (χ0v) is 20.3. The highest BCUT2D eigenvalue weighted by molar-refractivity contribution is 5.94. The number of aromatic amines is 1. The van der Waals surface area contributed by atoms with Gasteiger partial charge in [0.25, 0.3) is 0 Å². The van der Waals surface area contributed by atoms with Crippen LogP contribution in [0.4, 0.5) is 0 Å². The minimum Gasteiger partial charge on any atom is -0.480 e. The van der Waals surface area contributed by atoms with Crippen molar-refractivity contribution in [1.82, 2.24) is 25.9 Å². The molecule has 1 aromatic heterocycles. The average molecular weight is 502 g/mol. The van der Waals surface area contributed by atoms with Crippen molar-refractivity contribution in [3.8, 4) is 0 Å². The van der Waals surface area contributed by atoms with Gasteiger partial charge in [-0.2, -0.15) is 0 Å². The number of imidazole rings is 1. The largest absolute Gasteiger partial charge is 0.480 e. The van der Waals surface area contributed by atoms with Crippen LogP contribution >= 0.6 is 0 Å². The zero-order chi connectivity index (χ0) is 26.5. The van der Waals surface area contributed by atoms with Crippen LogP contribution in [-0.2, 0) is 32.0 Å². The fourth-order valence-electron chi connectivity index (χ4n) is 3.47. The lowest BCUT2D eigenvalue weighted by molar-refractivity contribution is -0.141. The van der Waals surface area contributed by atoms with Gasteiger partial charge in [0.15, 0.2) is 0 Å². The highest BCUT2D eigenvalue weighted by atomic mass is 16.4. The monoisotopic (exact) mass is 501 g/mol. The molecular weight excluding hydrogens is 466 g/mol. The molecular formula is C24H35N7O5. The van der Waals surface area contributed by atoms with Crippen LogP contribution in [-0.4, -0.2) is 69.5 Å². The van der Waals surface area contributed by atoms with Crippen LogP contribution in [0.25, 0.3) is 0 Å². The van der Waals surface area contributed by atoms with Gasteiger partial charge in [-0.3, -0.25) is 19.2 Å². The summed E-state index contributed by atoms with van der Waals surface area (Å²) in [5.41, 5.74) is 13.1. The van der Waals surface area contributed by atoms with E-state index in [0.29, 0.717) is 31.5 Å². The van der Waals surface area contributed by atoms with Crippen molar-refractivity contribution in [3.05, 3.63) is 54.1 Å². The second-order valence-electron chi connectivity index (χ2n) is 8.55. The Bertz CT molecular complexity index is 984. The molecule has 0 saturated carbocycles. The summed E-state index contributed by atoms with van der Waals surface area (Å²) in [6, 6.07) is 5.17. The Morgan fingerprint density at radius 3 is 2.25 bits per heavy atom. The van der Waals surface area contributed by atoms with Gasteiger partial charge in [-0.25, -0.2) is 4.98 Å². The summed E-state index contributed by atoms with van der Waals surface area (Å²) in [5.74, 6) is -2.98. The zero-order valence-electron chi connectivity index (χ0n) is 20.3. The Labute approximate surface area is 209 Å². The molecule has 36 heavy (non-hydrogen) atoms. The Balaban J connectivity index is 2.12. The first-order valence-electron chi connectivity index (χ1n) is 11.8. The molecule has 0 saturated heterocycles. The summed E-state index contributed by atoms with van der Waals surface area (Å²) in [7, 11) is 0. The Morgan fingerprint density at radius 2 is 1.64 bits per heavy atom. The minimum absolute atomic E-state index is 0.0426. The molecule has 3 amide bonds. The molecule has 0 aliphatic rings. The first-order chi connectivity index (χ1) is 17.2. The molecule has 1 heterocycles. The lowest BCUT2D eigenvalue weighted by atomic mass is 10.0. The molecule has 0 fully saturated rings. The van der Waals surface area contributed by atoms with Crippen molar-refractivity contribution in [3.63, 3.8) is 0 Å². The van der Waals surface area contributed by atoms with Gasteiger partial charge in [-0.15, -0.1) is 0 Å². The molecule has 12 heteroatoms. The number of hydrogen-bond donors (Lipinski definition) is 7. The Hall–Kier alpha value is -3.77. The third-order valence-electron chi connectivity index (χ3n) is 5.56. The second-order valence-corrected chi connectivity index (χ2v) is 8.55. The van der Waals surface area contributed by atoms with E-state index in [2.05, 4.69) is 25.9 Å². The molecule has 12 nitrogen and oxygen atoms in total. The number of amides is 3. The van der Waals surface area contributed by atoms with Crippen molar-refractivity contribution < 1.29 is 24.3 Å². The molecule has 0 aliphatic heterocycles. The van der Waals surface area contributed by atoms with Crippen LogP contribution in [0.15, 0.2) is 42.9 Å². The van der Waals surface area contributed by atoms with E-state index in [4.69, 9.17) is 16.6 Å². The van der Waals surface area contributed by atoms with Crippen LogP contribution in [0.2, 0.25) is 0 Å². The van der Waals surface area contributed by atoms with Crippen LogP contribution in [0.5, 0.6) is 0 Å². The first-order valence-corrected chi connectivity index (χ1v) is 11.8. The number of aromatic nitrogens is 2. The van der Waals surface area contributed by atoms with Crippen molar-refractivity contribution in [2.45, 2.75) is 63.2 Å². The molecule has 0 spiro atoms. The van der Waals surface area contributed by atoms with Crippen molar-refractivity contribution >= 4 is 23.7 Å². The number of nitrogens with zero attached hydrogens (tertiary/aromatic N) is 1. The van der Waals surface area contributed by atoms with Gasteiger partial charge in [-0.05, 0) is 44.7 Å². The van der Waals surface area contributed by atoms with E-state index >= 15 is 0 Å². The van der Waals surface area contributed by atoms with Gasteiger partial charge in [0.1, 0.15) is 18.1 Å². The van der Waals surface area contributed by atoms with E-state index in [1.165, 1.54) is 19.4 Å². The average Bonchev–Trinajstić information content (AvgIpc) is 3.36. The minimum atomic E-state index is -1.21. The number of H-pyrrole nitrogens is 1. The summed E-state index contributed by atoms with van der Waals surface area (Å²) in [6.07, 6.45) is 4.76. The summed E-state index contributed by atoms with van der Waals surface area (Å²) in [6.45, 7) is 1.74. The predicted octanol–water partition coefficient (Wildman–Crippen LogP) is -0.790. The van der Waals surface area contributed by atoms with E-state index < -0.39 is 47.9 Å². The number of benzene rings is 1. The van der Waals surface area contributed by atoms with Gasteiger partial charge in [0.2, 0.25) is 17.7 Å². The lowest BCUT2D eigenvalue weighted by Crippen LogP contribution is -2.57. The molecule has 4 atom stereocenters. The van der Waals surface area contributed by atoms with Crippen LogP contribution < -0.4 is 27.4 Å². The highest BCUT2D eigenvalue weighted by Crippen LogP contribution is 2.07. The fourth-order valence-corrected chi connectivity index (χ4v) is 3.47. The van der Waals surface area contributed by atoms with Crippen molar-refractivity contribution in [2.75, 3.05) is 6.54 Å². The van der Waals surface area contributed by atoms with Gasteiger partial charge >= 0.3 is 5.97 Å². The number of rotatable bonds is 15. The molecule has 4 unspecified atom stereocenters. The van der Waals surface area contributed by atoms with Gasteiger partial charge in [0.05, 0.1) is 12.4 Å². The Kier molecular flexibility index (Phi) is 11.5. The van der Waals surface area contributed by atoms with Crippen LogP contribution in [0.3, 0.4) is 0 Å². The number of hydrogen-bond acceptors (Lipinski definition) is 7. The predicted molar refractivity (Wildman–Crippen MR) is 132 cm³/mol.